The number of carbonyl (C=O) groups excluding carboxylic acids is 2. The molecule has 0 aromatic heterocycles. The van der Waals surface area contributed by atoms with Gasteiger partial charge in [0.25, 0.3) is 0 Å². The van der Waals surface area contributed by atoms with E-state index in [2.05, 4.69) is 20.7 Å². The molecule has 1 rings (SSSR count). The number of esters is 2. The van der Waals surface area contributed by atoms with E-state index in [4.69, 9.17) is 9.84 Å². The molecular weight excluding hydrogens is 332 g/mol. The minimum atomic E-state index is -1.27. The van der Waals surface area contributed by atoms with Crippen molar-refractivity contribution >= 4 is 33.8 Å². The zero-order valence-electron chi connectivity index (χ0n) is 10.5. The first kappa shape index (κ1) is 15.9. The number of halogens is 1. The normalized spacial score (nSPS) is 10.8. The summed E-state index contributed by atoms with van der Waals surface area (Å²) in [4.78, 5) is 33.1. The number of carbonyl (C=O) groups is 3. The van der Waals surface area contributed by atoms with E-state index in [1.165, 1.54) is 6.92 Å². The second kappa shape index (κ2) is 7.44. The molecule has 0 aliphatic carbocycles. The zero-order valence-corrected chi connectivity index (χ0v) is 12.0. The minimum absolute atomic E-state index is 0.117. The van der Waals surface area contributed by atoms with Gasteiger partial charge in [0.05, 0.1) is 0 Å². The molecule has 1 aromatic rings. The molecule has 0 saturated heterocycles. The van der Waals surface area contributed by atoms with E-state index >= 15 is 0 Å². The Bertz CT molecular complexity index is 546. The quantitative estimate of drug-likeness (QED) is 0.499. The molecule has 0 aliphatic heterocycles. The number of carboxylic acid groups (broad SMARTS) is 1. The number of hydrogen-bond donors (Lipinski definition) is 1. The Morgan fingerprint density at radius 1 is 1.25 bits per heavy atom. The second-order valence-electron chi connectivity index (χ2n) is 3.67. The third kappa shape index (κ3) is 5.66. The van der Waals surface area contributed by atoms with Crippen molar-refractivity contribution < 1.29 is 29.0 Å². The summed E-state index contributed by atoms with van der Waals surface area (Å²) in [6, 6.07) is 6.52. The van der Waals surface area contributed by atoms with Crippen molar-refractivity contribution in [2.75, 3.05) is 6.61 Å². The minimum Gasteiger partial charge on any atom is -0.478 e. The predicted molar refractivity (Wildman–Crippen MR) is 72.1 cm³/mol. The van der Waals surface area contributed by atoms with Crippen LogP contribution in [0.25, 0.3) is 0 Å². The first-order valence-corrected chi connectivity index (χ1v) is 6.22. The lowest BCUT2D eigenvalue weighted by Crippen LogP contribution is -2.19. The number of hydrogen-bond acceptors (Lipinski definition) is 5. The van der Waals surface area contributed by atoms with Gasteiger partial charge < -0.3 is 14.6 Å². The van der Waals surface area contributed by atoms with Gasteiger partial charge in [-0.3, -0.25) is 0 Å². The number of aliphatic carboxylic acids is 1. The lowest BCUT2D eigenvalue weighted by molar-refractivity contribution is -0.150. The predicted octanol–water partition coefficient (Wildman–Crippen LogP) is 1.93. The maximum atomic E-state index is 11.4. The fraction of sp³-hybridized carbons (Fsp3) is 0.154. The topological polar surface area (TPSA) is 89.9 Å². The van der Waals surface area contributed by atoms with Crippen LogP contribution in [0, 0.1) is 0 Å². The summed E-state index contributed by atoms with van der Waals surface area (Å²) in [7, 11) is 0. The lowest BCUT2D eigenvalue weighted by Gasteiger charge is -2.05. The smallest absolute Gasteiger partial charge is 0.349 e. The van der Waals surface area contributed by atoms with Crippen LogP contribution in [-0.4, -0.2) is 29.6 Å². The molecule has 0 radical (unpaired) electrons. The maximum absolute atomic E-state index is 11.4. The molecule has 0 amide bonds. The summed E-state index contributed by atoms with van der Waals surface area (Å²) < 4.78 is 10.3. The van der Waals surface area contributed by atoms with Crippen molar-refractivity contribution in [3.8, 4) is 5.75 Å². The highest BCUT2D eigenvalue weighted by atomic mass is 79.9. The van der Waals surface area contributed by atoms with Gasteiger partial charge in [-0.05, 0) is 31.2 Å². The van der Waals surface area contributed by atoms with Crippen molar-refractivity contribution in [1.82, 2.24) is 0 Å². The molecule has 0 heterocycles. The summed E-state index contributed by atoms with van der Waals surface area (Å²) >= 11 is 3.23. The highest BCUT2D eigenvalue weighted by Crippen LogP contribution is 2.16. The molecule has 0 bridgehead atoms. The largest absolute Gasteiger partial charge is 0.478 e. The maximum Gasteiger partial charge on any atom is 0.349 e. The molecule has 1 N–H and O–H groups in total. The molecule has 0 atom stereocenters. The van der Waals surface area contributed by atoms with Crippen LogP contribution in [0.3, 0.4) is 0 Å². The second-order valence-corrected chi connectivity index (χ2v) is 4.59. The molecule has 0 fully saturated rings. The van der Waals surface area contributed by atoms with E-state index in [-0.39, 0.29) is 5.57 Å². The van der Waals surface area contributed by atoms with E-state index in [0.717, 1.165) is 4.47 Å². The van der Waals surface area contributed by atoms with Gasteiger partial charge in [0.2, 0.25) is 0 Å². The van der Waals surface area contributed by atoms with Gasteiger partial charge in [-0.25, -0.2) is 14.4 Å². The summed E-state index contributed by atoms with van der Waals surface area (Å²) in [6.07, 6.45) is 0.697. The zero-order chi connectivity index (χ0) is 15.1. The SMILES string of the molecule is C/C(=C\C(=O)O)C(=O)OCC(=O)Oc1ccc(Br)cc1. The van der Waals surface area contributed by atoms with Crippen LogP contribution < -0.4 is 4.74 Å². The monoisotopic (exact) mass is 342 g/mol. The Morgan fingerprint density at radius 2 is 1.85 bits per heavy atom. The average molecular weight is 343 g/mol. The average Bonchev–Trinajstić information content (AvgIpc) is 2.38. The van der Waals surface area contributed by atoms with E-state index < -0.39 is 24.5 Å². The molecule has 1 aromatic carbocycles. The van der Waals surface area contributed by atoms with Crippen LogP contribution in [-0.2, 0) is 19.1 Å². The van der Waals surface area contributed by atoms with Gasteiger partial charge in [-0.15, -0.1) is 0 Å². The molecule has 7 heteroatoms. The van der Waals surface area contributed by atoms with E-state index in [1.54, 1.807) is 24.3 Å². The Kier molecular flexibility index (Phi) is 5.92. The van der Waals surface area contributed by atoms with E-state index in [1.807, 2.05) is 0 Å². The van der Waals surface area contributed by atoms with Gasteiger partial charge in [0.1, 0.15) is 5.75 Å². The van der Waals surface area contributed by atoms with Gasteiger partial charge >= 0.3 is 17.9 Å². The standard InChI is InChI=1S/C13H11BrO6/c1-8(6-11(15)16)13(18)19-7-12(17)20-10-4-2-9(14)3-5-10/h2-6H,7H2,1H3,(H,15,16)/b8-6+. The highest BCUT2D eigenvalue weighted by Gasteiger charge is 2.12. The van der Waals surface area contributed by atoms with E-state index in [9.17, 15) is 14.4 Å². The molecule has 6 nitrogen and oxygen atoms in total. The van der Waals surface area contributed by atoms with Crippen LogP contribution in [0.1, 0.15) is 6.92 Å². The number of carboxylic acids is 1. The van der Waals surface area contributed by atoms with Crippen molar-refractivity contribution in [1.29, 1.82) is 0 Å². The van der Waals surface area contributed by atoms with Gasteiger partial charge in [0, 0.05) is 16.1 Å². The molecule has 20 heavy (non-hydrogen) atoms. The van der Waals surface area contributed by atoms with Crippen molar-refractivity contribution in [2.24, 2.45) is 0 Å². The Morgan fingerprint density at radius 3 is 2.40 bits per heavy atom. The first-order valence-electron chi connectivity index (χ1n) is 5.43. The third-order valence-corrected chi connectivity index (χ3v) is 2.56. The summed E-state index contributed by atoms with van der Waals surface area (Å²) in [6.45, 7) is 0.677. The fourth-order valence-electron chi connectivity index (χ4n) is 1.15. The van der Waals surface area contributed by atoms with Crippen LogP contribution in [0.2, 0.25) is 0 Å². The van der Waals surface area contributed by atoms with Crippen molar-refractivity contribution in [3.05, 3.63) is 40.4 Å². The van der Waals surface area contributed by atoms with Crippen LogP contribution in [0.4, 0.5) is 0 Å². The Balaban J connectivity index is 2.46. The summed E-state index contributed by atoms with van der Waals surface area (Å²) in [5.41, 5.74) is -0.117. The number of rotatable bonds is 5. The van der Waals surface area contributed by atoms with E-state index in [0.29, 0.717) is 11.8 Å². The number of ether oxygens (including phenoxy) is 2. The lowest BCUT2D eigenvalue weighted by atomic mass is 10.3. The molecule has 0 unspecified atom stereocenters. The Hall–Kier alpha value is -2.15. The number of benzene rings is 1. The molecular formula is C13H11BrO6. The molecule has 0 spiro atoms. The Labute approximate surface area is 123 Å². The van der Waals surface area contributed by atoms with Crippen LogP contribution >= 0.6 is 15.9 Å². The molecule has 0 aliphatic rings. The van der Waals surface area contributed by atoms with Gasteiger partial charge in [-0.1, -0.05) is 15.9 Å². The third-order valence-electron chi connectivity index (χ3n) is 2.03. The molecule has 0 saturated carbocycles. The summed E-state index contributed by atoms with van der Waals surface area (Å²) in [5.74, 6) is -2.60. The van der Waals surface area contributed by atoms with Crippen molar-refractivity contribution in [2.45, 2.75) is 6.92 Å². The van der Waals surface area contributed by atoms with Gasteiger partial charge in [0.15, 0.2) is 6.61 Å². The molecule has 106 valence electrons. The van der Waals surface area contributed by atoms with Crippen LogP contribution in [0.5, 0.6) is 5.75 Å². The highest BCUT2D eigenvalue weighted by molar-refractivity contribution is 9.10. The van der Waals surface area contributed by atoms with Crippen LogP contribution in [0.15, 0.2) is 40.4 Å². The first-order chi connectivity index (χ1) is 9.38. The fourth-order valence-corrected chi connectivity index (χ4v) is 1.41. The summed E-state index contributed by atoms with van der Waals surface area (Å²) in [5, 5.41) is 8.45. The van der Waals surface area contributed by atoms with Crippen molar-refractivity contribution in [3.63, 3.8) is 0 Å². The van der Waals surface area contributed by atoms with Gasteiger partial charge in [-0.2, -0.15) is 0 Å².